The minimum Gasteiger partial charge on any atom is -0.467 e. The van der Waals surface area contributed by atoms with E-state index in [1.54, 1.807) is 13.0 Å². The third kappa shape index (κ3) is 2.43. The third-order valence-electron chi connectivity index (χ3n) is 9.04. The lowest BCUT2D eigenvalue weighted by Gasteiger charge is -2.37. The van der Waals surface area contributed by atoms with Crippen LogP contribution in [0.4, 0.5) is 0 Å². The normalized spacial score (nSPS) is 25.3. The molecule has 198 valence electrons. The molecule has 0 spiro atoms. The Morgan fingerprint density at radius 3 is 2.41 bits per heavy atom. The highest BCUT2D eigenvalue weighted by molar-refractivity contribution is 6.31. The maximum atomic E-state index is 13.4. The highest BCUT2D eigenvalue weighted by atomic mass is 16.6. The Labute approximate surface area is 220 Å². The van der Waals surface area contributed by atoms with E-state index in [-0.39, 0.29) is 25.5 Å². The van der Waals surface area contributed by atoms with Gasteiger partial charge in [-0.05, 0) is 47.9 Å². The molecule has 0 saturated carbocycles. The lowest BCUT2D eigenvalue weighted by atomic mass is 9.88. The number of benzene rings is 3. The van der Waals surface area contributed by atoms with Crippen LogP contribution in [0.2, 0.25) is 0 Å². The van der Waals surface area contributed by atoms with Gasteiger partial charge in [-0.2, -0.15) is 0 Å². The molecule has 0 radical (unpaired) electrons. The van der Waals surface area contributed by atoms with Crippen LogP contribution in [0.3, 0.4) is 0 Å². The number of esters is 1. The second-order valence-electron chi connectivity index (χ2n) is 10.8. The summed E-state index contributed by atoms with van der Waals surface area (Å²) in [6, 6.07) is 11.1. The molecular formula is C29H25N3O7. The average molecular weight is 528 g/mol. The van der Waals surface area contributed by atoms with Crippen molar-refractivity contribution in [3.05, 3.63) is 58.7 Å². The molecule has 0 aliphatic carbocycles. The Kier molecular flexibility index (Phi) is 4.22. The smallest absolute Gasteiger partial charge is 0.343 e. The van der Waals surface area contributed by atoms with Crippen molar-refractivity contribution in [1.82, 2.24) is 14.5 Å². The number of rotatable bonds is 3. The summed E-state index contributed by atoms with van der Waals surface area (Å²) in [6.07, 6.45) is -0.827. The zero-order valence-electron chi connectivity index (χ0n) is 21.2. The first-order valence-corrected chi connectivity index (χ1v) is 12.8. The molecule has 3 aromatic carbocycles. The standard InChI is InChI=1S/C29H25N3O7/c1-28-29(37,27(36)38-2)9-20(39-28)31-18-5-3-13(11-33)7-15(18)22-23-17(10-30-26(23)35)21-16-8-14(12-34)4-6-19(16)32(28)25(21)24(22)31/h3-8,20,33-34,37H,9-12H2,1-2H3,(H,30,35)/t20-,28+,29+/m0/s1. The highest BCUT2D eigenvalue weighted by Crippen LogP contribution is 2.57. The van der Waals surface area contributed by atoms with Crippen molar-refractivity contribution in [1.29, 1.82) is 0 Å². The second kappa shape index (κ2) is 7.16. The Balaban J connectivity index is 1.70. The largest absolute Gasteiger partial charge is 0.467 e. The van der Waals surface area contributed by atoms with Gasteiger partial charge in [0.2, 0.25) is 5.60 Å². The van der Waals surface area contributed by atoms with Gasteiger partial charge in [0.1, 0.15) is 6.23 Å². The number of ether oxygens (including phenoxy) is 2. The van der Waals surface area contributed by atoms with Gasteiger partial charge < -0.3 is 39.2 Å². The summed E-state index contributed by atoms with van der Waals surface area (Å²) in [7, 11) is 1.24. The quantitative estimate of drug-likeness (QED) is 0.265. The maximum Gasteiger partial charge on any atom is 0.343 e. The first kappa shape index (κ1) is 23.0. The number of methoxy groups -OCH3 is 1. The summed E-state index contributed by atoms with van der Waals surface area (Å²) >= 11 is 0. The number of aliphatic hydroxyl groups excluding tert-OH is 2. The van der Waals surface area contributed by atoms with Gasteiger partial charge in [0, 0.05) is 34.5 Å². The number of nitrogens with zero attached hydrogens (tertiary/aromatic N) is 2. The zero-order chi connectivity index (χ0) is 27.0. The van der Waals surface area contributed by atoms with Crippen molar-refractivity contribution in [2.45, 2.75) is 50.7 Å². The number of hydrogen-bond acceptors (Lipinski definition) is 7. The molecule has 8 rings (SSSR count). The summed E-state index contributed by atoms with van der Waals surface area (Å²) in [5, 5.41) is 38.1. The molecule has 1 fully saturated rings. The molecule has 3 aliphatic heterocycles. The molecule has 39 heavy (non-hydrogen) atoms. The van der Waals surface area contributed by atoms with Crippen LogP contribution in [-0.2, 0) is 39.8 Å². The number of carbonyl (C=O) groups is 2. The van der Waals surface area contributed by atoms with Gasteiger partial charge in [-0.3, -0.25) is 4.79 Å². The SMILES string of the molecule is COC(=O)[C@]1(O)C[C@@H]2O[C@@]1(C)n1c3ccc(CO)cc3c3c4c(c5c6cc(CO)ccc6n2c5c31)C(=O)NC4. The van der Waals surface area contributed by atoms with Gasteiger partial charge in [0.25, 0.3) is 5.91 Å². The lowest BCUT2D eigenvalue weighted by molar-refractivity contribution is -0.202. The van der Waals surface area contributed by atoms with Crippen molar-refractivity contribution in [2.75, 3.05) is 7.11 Å². The third-order valence-corrected chi connectivity index (χ3v) is 9.04. The van der Waals surface area contributed by atoms with Gasteiger partial charge >= 0.3 is 5.97 Å². The van der Waals surface area contributed by atoms with E-state index in [2.05, 4.69) is 5.32 Å². The van der Waals surface area contributed by atoms with Crippen LogP contribution in [0.25, 0.3) is 43.6 Å². The number of aromatic nitrogens is 2. The number of aliphatic hydroxyl groups is 3. The van der Waals surface area contributed by atoms with Crippen molar-refractivity contribution >= 4 is 55.5 Å². The zero-order valence-corrected chi connectivity index (χ0v) is 21.2. The summed E-state index contributed by atoms with van der Waals surface area (Å²) in [5.41, 5.74) is 2.10. The van der Waals surface area contributed by atoms with E-state index >= 15 is 0 Å². The molecule has 5 aromatic rings. The van der Waals surface area contributed by atoms with E-state index in [0.717, 1.165) is 43.7 Å². The molecule has 3 atom stereocenters. The highest BCUT2D eigenvalue weighted by Gasteiger charge is 2.65. The molecule has 3 aliphatic rings. The number of fused-ring (bicyclic) bond motifs is 13. The molecule has 4 N–H and O–H groups in total. The molecular weight excluding hydrogens is 502 g/mol. The fourth-order valence-corrected chi connectivity index (χ4v) is 7.28. The maximum absolute atomic E-state index is 13.4. The minimum atomic E-state index is -2.03. The molecule has 5 heterocycles. The molecule has 2 aromatic heterocycles. The number of nitrogens with one attached hydrogen (secondary N) is 1. The number of amides is 1. The van der Waals surface area contributed by atoms with Crippen LogP contribution < -0.4 is 5.32 Å². The summed E-state index contributed by atoms with van der Waals surface area (Å²) in [4.78, 5) is 26.7. The fourth-order valence-electron chi connectivity index (χ4n) is 7.28. The lowest BCUT2D eigenvalue weighted by Crippen LogP contribution is -2.56. The van der Waals surface area contributed by atoms with Crippen molar-refractivity contribution in [2.24, 2.45) is 0 Å². The Bertz CT molecular complexity index is 1970. The van der Waals surface area contributed by atoms with Crippen LogP contribution in [0.15, 0.2) is 36.4 Å². The molecule has 0 unspecified atom stereocenters. The van der Waals surface area contributed by atoms with Crippen molar-refractivity contribution in [3.8, 4) is 0 Å². The van der Waals surface area contributed by atoms with E-state index in [0.29, 0.717) is 28.8 Å². The van der Waals surface area contributed by atoms with Gasteiger partial charge in [-0.25, -0.2) is 4.79 Å². The van der Waals surface area contributed by atoms with E-state index in [9.17, 15) is 24.9 Å². The van der Waals surface area contributed by atoms with Gasteiger partial charge in [0.05, 0.1) is 48.0 Å². The summed E-state index contributed by atoms with van der Waals surface area (Å²) in [6.45, 7) is 1.67. The predicted molar refractivity (Wildman–Crippen MR) is 141 cm³/mol. The molecule has 1 amide bonds. The first-order chi connectivity index (χ1) is 18.8. The van der Waals surface area contributed by atoms with Crippen LogP contribution in [0.1, 0.15) is 46.6 Å². The molecule has 10 heteroatoms. The number of carbonyl (C=O) groups excluding carboxylic acids is 2. The molecule has 2 bridgehead atoms. The second-order valence-corrected chi connectivity index (χ2v) is 10.8. The van der Waals surface area contributed by atoms with Crippen molar-refractivity contribution in [3.63, 3.8) is 0 Å². The minimum absolute atomic E-state index is 0.0740. The monoisotopic (exact) mass is 527 g/mol. The van der Waals surface area contributed by atoms with Gasteiger partial charge in [-0.15, -0.1) is 0 Å². The van der Waals surface area contributed by atoms with Crippen LogP contribution in [0.5, 0.6) is 0 Å². The Morgan fingerprint density at radius 1 is 1.08 bits per heavy atom. The topological polar surface area (TPSA) is 135 Å². The van der Waals surface area contributed by atoms with Crippen LogP contribution in [-0.4, -0.2) is 49.0 Å². The Morgan fingerprint density at radius 2 is 1.74 bits per heavy atom. The fraction of sp³-hybridized carbons (Fsp3) is 0.310. The van der Waals surface area contributed by atoms with Crippen LogP contribution >= 0.6 is 0 Å². The van der Waals surface area contributed by atoms with Gasteiger partial charge in [-0.1, -0.05) is 12.1 Å². The van der Waals surface area contributed by atoms with Crippen LogP contribution in [0, 0.1) is 0 Å². The summed E-state index contributed by atoms with van der Waals surface area (Å²) in [5.74, 6) is -0.988. The number of hydrogen-bond donors (Lipinski definition) is 4. The van der Waals surface area contributed by atoms with E-state index in [1.807, 2.05) is 39.5 Å². The van der Waals surface area contributed by atoms with E-state index in [4.69, 9.17) is 9.47 Å². The predicted octanol–water partition coefficient (Wildman–Crippen LogP) is 2.64. The van der Waals surface area contributed by atoms with Gasteiger partial charge in [0.15, 0.2) is 5.72 Å². The average Bonchev–Trinajstić information content (AvgIpc) is 3.64. The van der Waals surface area contributed by atoms with E-state index < -0.39 is 23.5 Å². The van der Waals surface area contributed by atoms with Crippen molar-refractivity contribution < 1.29 is 34.4 Å². The Hall–Kier alpha value is -3.96. The molecule has 1 saturated heterocycles. The molecule has 10 nitrogen and oxygen atoms in total. The summed E-state index contributed by atoms with van der Waals surface area (Å²) < 4.78 is 15.6. The first-order valence-electron chi connectivity index (χ1n) is 12.8. The van der Waals surface area contributed by atoms with E-state index in [1.165, 1.54) is 7.11 Å².